The third-order valence-electron chi connectivity index (χ3n) is 4.46. The van der Waals surface area contributed by atoms with Gasteiger partial charge >= 0.3 is 148 Å². The molecule has 0 aliphatic rings. The molecule has 3 heterocycles. The van der Waals surface area contributed by atoms with E-state index in [2.05, 4.69) is 39.8 Å². The number of furan rings is 3. The van der Waals surface area contributed by atoms with Crippen LogP contribution in [-0.4, -0.2) is 0 Å². The van der Waals surface area contributed by atoms with Crippen LogP contribution in [0.4, 0.5) is 0 Å². The molecule has 0 N–H and O–H groups in total. The number of benzene rings is 1. The first-order chi connectivity index (χ1) is 11.7. The first-order valence-corrected chi connectivity index (χ1v) is 12.0. The zero-order valence-electron chi connectivity index (χ0n) is 12.8. The monoisotopic (exact) mass is 402 g/mol. The Hall–Kier alpha value is -2.03. The minimum atomic E-state index is -2.98. The van der Waals surface area contributed by atoms with E-state index in [9.17, 15) is 0 Å². The molecular weight excluding hydrogens is 387 g/mol. The number of rotatable bonds is 5. The first kappa shape index (κ1) is 15.5. The molecule has 0 bridgehead atoms. The summed E-state index contributed by atoms with van der Waals surface area (Å²) in [5.74, 6) is 0. The van der Waals surface area contributed by atoms with Gasteiger partial charge in [-0.2, -0.15) is 0 Å². The van der Waals surface area contributed by atoms with Crippen molar-refractivity contribution in [2.75, 3.05) is 0 Å². The van der Waals surface area contributed by atoms with Crippen LogP contribution >= 0.6 is 20.8 Å². The van der Waals surface area contributed by atoms with Crippen molar-refractivity contribution in [1.29, 1.82) is 0 Å². The fourth-order valence-corrected chi connectivity index (χ4v) is 10.2. The maximum absolute atomic E-state index is 5.46. The second-order valence-electron chi connectivity index (χ2n) is 5.77. The quantitative estimate of drug-likeness (QED) is 0.450. The summed E-state index contributed by atoms with van der Waals surface area (Å²) in [5.41, 5.74) is 1.23. The Labute approximate surface area is 147 Å². The van der Waals surface area contributed by atoms with Crippen LogP contribution in [0.2, 0.25) is 0 Å². The second kappa shape index (κ2) is 5.80. The van der Waals surface area contributed by atoms with Crippen LogP contribution in [0, 0.1) is 0 Å². The summed E-state index contributed by atoms with van der Waals surface area (Å²) in [7, 11) is 0. The Bertz CT molecular complexity index is 810. The van der Waals surface area contributed by atoms with E-state index < -0.39 is 5.31 Å². The summed E-state index contributed by atoms with van der Waals surface area (Å²) >= 11 is 4.24. The average molecular weight is 403 g/mol. The van der Waals surface area contributed by atoms with Crippen molar-refractivity contribution in [3.63, 3.8) is 0 Å². The zero-order chi connectivity index (χ0) is 16.5. The molecule has 0 atom stereocenters. The van der Waals surface area contributed by atoms with E-state index in [1.54, 1.807) is 18.8 Å². The van der Waals surface area contributed by atoms with Crippen molar-refractivity contribution in [2.45, 2.75) is 6.16 Å². The van der Waals surface area contributed by atoms with Crippen molar-refractivity contribution in [3.05, 3.63) is 91.7 Å². The Morgan fingerprint density at radius 1 is 0.667 bits per heavy atom. The Kier molecular flexibility index (Phi) is 3.75. The van der Waals surface area contributed by atoms with E-state index in [4.69, 9.17) is 13.3 Å². The Morgan fingerprint density at radius 3 is 1.50 bits per heavy atom. The molecule has 0 aliphatic carbocycles. The van der Waals surface area contributed by atoms with Gasteiger partial charge in [-0.3, -0.25) is 0 Å². The van der Waals surface area contributed by atoms with Gasteiger partial charge < -0.3 is 0 Å². The molecule has 4 rings (SSSR count). The molecule has 4 aromatic rings. The summed E-state index contributed by atoms with van der Waals surface area (Å²) in [6.07, 6.45) is 11.4. The molecule has 0 amide bonds. The third kappa shape index (κ3) is 2.21. The Morgan fingerprint density at radius 2 is 1.12 bits per heavy atom. The van der Waals surface area contributed by atoms with E-state index in [1.807, 2.05) is 43.1 Å². The van der Waals surface area contributed by atoms with E-state index in [0.29, 0.717) is 0 Å². The SMILES string of the molecule is BrP(Cc1ccccc1)(c1ccoc1)(c1ccoc1)c1ccoc1. The molecule has 3 nitrogen and oxygen atoms in total. The van der Waals surface area contributed by atoms with Gasteiger partial charge in [0, 0.05) is 0 Å². The van der Waals surface area contributed by atoms with Crippen LogP contribution in [0.15, 0.2) is 99.4 Å². The fraction of sp³-hybridized carbons (Fsp3) is 0.0526. The van der Waals surface area contributed by atoms with Crippen LogP contribution in [0.3, 0.4) is 0 Å². The van der Waals surface area contributed by atoms with Crippen molar-refractivity contribution < 1.29 is 13.3 Å². The molecule has 0 radical (unpaired) electrons. The molecule has 5 heteroatoms. The van der Waals surface area contributed by atoms with Crippen LogP contribution in [0.25, 0.3) is 0 Å². The van der Waals surface area contributed by atoms with Crippen molar-refractivity contribution in [2.24, 2.45) is 0 Å². The van der Waals surface area contributed by atoms with Gasteiger partial charge in [-0.15, -0.1) is 0 Å². The summed E-state index contributed by atoms with van der Waals surface area (Å²) in [6.45, 7) is 0. The van der Waals surface area contributed by atoms with Crippen molar-refractivity contribution in [1.82, 2.24) is 0 Å². The van der Waals surface area contributed by atoms with Gasteiger partial charge in [0.25, 0.3) is 0 Å². The topological polar surface area (TPSA) is 39.4 Å². The molecule has 0 aliphatic heterocycles. The zero-order valence-corrected chi connectivity index (χ0v) is 15.3. The van der Waals surface area contributed by atoms with Crippen LogP contribution in [-0.2, 0) is 6.16 Å². The van der Waals surface area contributed by atoms with Gasteiger partial charge in [0.15, 0.2) is 0 Å². The molecule has 122 valence electrons. The molecule has 0 spiro atoms. The normalized spacial score (nSPS) is 13.5. The predicted molar refractivity (Wildman–Crippen MR) is 101 cm³/mol. The number of halogens is 1. The van der Waals surface area contributed by atoms with Crippen molar-refractivity contribution in [3.8, 4) is 0 Å². The standard InChI is InChI=1S/C19H16BrO3P/c20-24(17-6-9-21-12-17,18-7-10-22-13-18,19-8-11-23-14-19)15-16-4-2-1-3-5-16/h1-14H,15H2. The third-order valence-corrected chi connectivity index (χ3v) is 13.8. The predicted octanol–water partition coefficient (Wildman–Crippen LogP) is 4.81. The molecule has 0 fully saturated rings. The average Bonchev–Trinajstić information content (AvgIpc) is 3.40. The maximum atomic E-state index is 5.46. The van der Waals surface area contributed by atoms with Crippen molar-refractivity contribution >= 4 is 36.7 Å². The molecule has 0 unspecified atom stereocenters. The summed E-state index contributed by atoms with van der Waals surface area (Å²) in [4.78, 5) is 0. The van der Waals surface area contributed by atoms with Crippen LogP contribution in [0.1, 0.15) is 5.56 Å². The number of hydrogen-bond donors (Lipinski definition) is 0. The molecule has 0 saturated heterocycles. The first-order valence-electron chi connectivity index (χ1n) is 7.57. The van der Waals surface area contributed by atoms with E-state index in [1.165, 1.54) is 5.56 Å². The molecular formula is C19H16BrO3P. The molecule has 24 heavy (non-hydrogen) atoms. The Balaban J connectivity index is 2.04. The van der Waals surface area contributed by atoms with E-state index >= 15 is 0 Å². The molecule has 3 aromatic heterocycles. The van der Waals surface area contributed by atoms with Gasteiger partial charge in [-0.25, -0.2) is 0 Å². The summed E-state index contributed by atoms with van der Waals surface area (Å²) < 4.78 is 16.4. The second-order valence-corrected chi connectivity index (χ2v) is 14.7. The number of hydrogen-bond acceptors (Lipinski definition) is 3. The van der Waals surface area contributed by atoms with Gasteiger partial charge in [0.2, 0.25) is 0 Å². The summed E-state index contributed by atoms with van der Waals surface area (Å²) in [5, 5.41) is 0.328. The van der Waals surface area contributed by atoms with Gasteiger partial charge in [0.1, 0.15) is 0 Å². The van der Waals surface area contributed by atoms with Crippen LogP contribution < -0.4 is 15.9 Å². The van der Waals surface area contributed by atoms with E-state index in [0.717, 1.165) is 22.1 Å². The van der Waals surface area contributed by atoms with E-state index in [-0.39, 0.29) is 0 Å². The van der Waals surface area contributed by atoms with Gasteiger partial charge in [-0.05, 0) is 0 Å². The minimum absolute atomic E-state index is 0.797. The van der Waals surface area contributed by atoms with Gasteiger partial charge in [-0.1, -0.05) is 0 Å². The van der Waals surface area contributed by atoms with Crippen LogP contribution in [0.5, 0.6) is 0 Å². The molecule has 0 saturated carbocycles. The molecule has 1 aromatic carbocycles. The van der Waals surface area contributed by atoms with Gasteiger partial charge in [0.05, 0.1) is 0 Å². The summed E-state index contributed by atoms with van der Waals surface area (Å²) in [6, 6.07) is 16.5. The fourth-order valence-electron chi connectivity index (χ4n) is 3.22.